The molecule has 1 N–H and O–H groups in total. The lowest BCUT2D eigenvalue weighted by molar-refractivity contribution is -0.130. The average Bonchev–Trinajstić information content (AvgIpc) is 3.39. The third kappa shape index (κ3) is 3.63. The highest BCUT2D eigenvalue weighted by Crippen LogP contribution is 2.41. The molecule has 0 fully saturated rings. The van der Waals surface area contributed by atoms with Gasteiger partial charge in [0, 0.05) is 11.6 Å². The number of ketones is 1. The lowest BCUT2D eigenvalue weighted by Gasteiger charge is -2.26. The third-order valence-electron chi connectivity index (χ3n) is 5.67. The van der Waals surface area contributed by atoms with Crippen LogP contribution < -0.4 is 4.74 Å². The summed E-state index contributed by atoms with van der Waals surface area (Å²) in [6.07, 6.45) is 1.63. The van der Waals surface area contributed by atoms with Crippen LogP contribution in [-0.4, -0.2) is 33.8 Å². The van der Waals surface area contributed by atoms with Crippen LogP contribution >= 0.6 is 0 Å². The first-order valence-electron chi connectivity index (χ1n) is 10.4. The second-order valence-electron chi connectivity index (χ2n) is 7.67. The maximum absolute atomic E-state index is 13.6. The number of aliphatic hydroxyl groups excluding tert-OH is 1. The molecule has 0 bridgehead atoms. The van der Waals surface area contributed by atoms with Crippen molar-refractivity contribution in [1.29, 1.82) is 0 Å². The number of pyridine rings is 1. The summed E-state index contributed by atoms with van der Waals surface area (Å²) in [5, 5.41) is 11.6. The number of methoxy groups -OCH3 is 1. The first-order chi connectivity index (χ1) is 16.1. The number of rotatable bonds is 6. The van der Waals surface area contributed by atoms with Crippen LogP contribution in [0.3, 0.4) is 0 Å². The molecule has 1 unspecified atom stereocenters. The lowest BCUT2D eigenvalue weighted by atomic mass is 9.94. The Bertz CT molecular complexity index is 1360. The van der Waals surface area contributed by atoms with Crippen molar-refractivity contribution in [2.24, 2.45) is 0 Å². The van der Waals surface area contributed by atoms with Gasteiger partial charge in [0.05, 0.1) is 31.0 Å². The van der Waals surface area contributed by atoms with E-state index in [9.17, 15) is 14.7 Å². The number of furan rings is 1. The predicted molar refractivity (Wildman–Crippen MR) is 121 cm³/mol. The van der Waals surface area contributed by atoms with Gasteiger partial charge in [0.1, 0.15) is 11.3 Å². The van der Waals surface area contributed by atoms with Crippen LogP contribution in [0.25, 0.3) is 11.0 Å². The molecule has 164 valence electrons. The molecule has 4 aromatic rings. The number of ether oxygens (including phenoxy) is 1. The zero-order chi connectivity index (χ0) is 22.9. The minimum absolute atomic E-state index is 0.0387. The number of amides is 1. The largest absolute Gasteiger partial charge is 0.503 e. The molecule has 5 rings (SSSR count). The van der Waals surface area contributed by atoms with Crippen LogP contribution in [-0.2, 0) is 11.3 Å². The molecule has 7 heteroatoms. The number of aliphatic hydroxyl groups is 1. The van der Waals surface area contributed by atoms with Crippen molar-refractivity contribution in [3.8, 4) is 5.75 Å². The van der Waals surface area contributed by atoms with Crippen LogP contribution in [0.4, 0.5) is 0 Å². The fraction of sp³-hybridized carbons (Fsp3) is 0.115. The molecule has 0 saturated carbocycles. The number of benzene rings is 2. The smallest absolute Gasteiger partial charge is 0.290 e. The minimum Gasteiger partial charge on any atom is -0.503 e. The summed E-state index contributed by atoms with van der Waals surface area (Å²) < 4.78 is 11.1. The number of fused-ring (bicyclic) bond motifs is 1. The van der Waals surface area contributed by atoms with Crippen molar-refractivity contribution in [2.75, 3.05) is 7.11 Å². The summed E-state index contributed by atoms with van der Waals surface area (Å²) >= 11 is 0. The van der Waals surface area contributed by atoms with Crippen molar-refractivity contribution in [3.63, 3.8) is 0 Å². The van der Waals surface area contributed by atoms with Crippen molar-refractivity contribution in [3.05, 3.63) is 107 Å². The molecule has 0 radical (unpaired) electrons. The van der Waals surface area contributed by atoms with E-state index in [2.05, 4.69) is 4.98 Å². The molecule has 0 spiro atoms. The standard InChI is InChI=1S/C26H20N2O5/c1-32-19-10-6-8-17(13-19)23-22(24(29)21-14-16-7-2-3-11-20(16)33-21)25(30)26(31)28(23)15-18-9-4-5-12-27-18/h2-14,23,30H,15H2,1H3. The molecule has 1 aliphatic rings. The topological polar surface area (TPSA) is 92.9 Å². The molecule has 33 heavy (non-hydrogen) atoms. The van der Waals surface area contributed by atoms with E-state index in [-0.39, 0.29) is 17.9 Å². The molecule has 2 aromatic carbocycles. The summed E-state index contributed by atoms with van der Waals surface area (Å²) in [5.74, 6) is -1.16. The normalized spacial score (nSPS) is 16.0. The maximum atomic E-state index is 13.6. The average molecular weight is 440 g/mol. The van der Waals surface area contributed by atoms with Gasteiger partial charge in [-0.1, -0.05) is 36.4 Å². The van der Waals surface area contributed by atoms with Gasteiger partial charge in [-0.25, -0.2) is 0 Å². The van der Waals surface area contributed by atoms with Crippen molar-refractivity contribution in [1.82, 2.24) is 9.88 Å². The lowest BCUT2D eigenvalue weighted by Crippen LogP contribution is -2.31. The van der Waals surface area contributed by atoms with E-state index in [1.165, 1.54) is 4.90 Å². The van der Waals surface area contributed by atoms with E-state index < -0.39 is 23.5 Å². The Balaban J connectivity index is 1.61. The van der Waals surface area contributed by atoms with Crippen molar-refractivity contribution < 1.29 is 23.8 Å². The van der Waals surface area contributed by atoms with Crippen LogP contribution in [0, 0.1) is 0 Å². The highest BCUT2D eigenvalue weighted by Gasteiger charge is 2.44. The first-order valence-corrected chi connectivity index (χ1v) is 10.4. The Morgan fingerprint density at radius 2 is 1.91 bits per heavy atom. The summed E-state index contributed by atoms with van der Waals surface area (Å²) in [7, 11) is 1.54. The number of nitrogens with zero attached hydrogens (tertiary/aromatic N) is 2. The molecule has 1 aliphatic heterocycles. The Morgan fingerprint density at radius 3 is 2.67 bits per heavy atom. The number of carbonyl (C=O) groups excluding carboxylic acids is 2. The quantitative estimate of drug-likeness (QED) is 0.440. The Labute approximate surface area is 189 Å². The maximum Gasteiger partial charge on any atom is 0.290 e. The van der Waals surface area contributed by atoms with Crippen LogP contribution in [0.5, 0.6) is 5.75 Å². The van der Waals surface area contributed by atoms with Gasteiger partial charge in [0.15, 0.2) is 11.5 Å². The second kappa shape index (κ2) is 8.27. The SMILES string of the molecule is COc1cccc(C2C(C(=O)c3cc4ccccc4o3)=C(O)C(=O)N2Cc2ccccn2)c1. The number of hydrogen-bond acceptors (Lipinski definition) is 6. The molecule has 0 aliphatic carbocycles. The number of hydrogen-bond donors (Lipinski definition) is 1. The number of Topliss-reactive ketones (excluding diaryl/α,β-unsaturated/α-hetero) is 1. The second-order valence-corrected chi connectivity index (χ2v) is 7.67. The predicted octanol–water partition coefficient (Wildman–Crippen LogP) is 4.61. The van der Waals surface area contributed by atoms with Gasteiger partial charge in [-0.3, -0.25) is 14.6 Å². The fourth-order valence-electron chi connectivity index (χ4n) is 4.10. The number of para-hydroxylation sites is 1. The molecular weight excluding hydrogens is 420 g/mol. The van der Waals surface area contributed by atoms with E-state index in [4.69, 9.17) is 9.15 Å². The van der Waals surface area contributed by atoms with Gasteiger partial charge in [0.2, 0.25) is 5.78 Å². The van der Waals surface area contributed by atoms with Gasteiger partial charge in [-0.2, -0.15) is 0 Å². The monoisotopic (exact) mass is 440 g/mol. The summed E-state index contributed by atoms with van der Waals surface area (Å²) in [4.78, 5) is 32.4. The summed E-state index contributed by atoms with van der Waals surface area (Å²) in [6.45, 7) is 0.114. The Morgan fingerprint density at radius 1 is 1.09 bits per heavy atom. The first kappa shape index (κ1) is 20.5. The molecule has 1 amide bonds. The third-order valence-corrected chi connectivity index (χ3v) is 5.67. The molecule has 1 atom stereocenters. The zero-order valence-electron chi connectivity index (χ0n) is 17.8. The van der Waals surface area contributed by atoms with Crippen LogP contribution in [0.15, 0.2) is 94.7 Å². The van der Waals surface area contributed by atoms with Gasteiger partial charge in [0.25, 0.3) is 5.91 Å². The Hall–Kier alpha value is -4.39. The van der Waals surface area contributed by atoms with Crippen molar-refractivity contribution in [2.45, 2.75) is 12.6 Å². The fourth-order valence-corrected chi connectivity index (χ4v) is 4.10. The van der Waals surface area contributed by atoms with Gasteiger partial charge >= 0.3 is 0 Å². The van der Waals surface area contributed by atoms with E-state index in [1.807, 2.05) is 24.3 Å². The van der Waals surface area contributed by atoms with E-state index in [0.717, 1.165) is 5.39 Å². The molecule has 2 aromatic heterocycles. The molecule has 3 heterocycles. The number of aromatic nitrogens is 1. The summed E-state index contributed by atoms with van der Waals surface area (Å²) in [5.41, 5.74) is 1.77. The summed E-state index contributed by atoms with van der Waals surface area (Å²) in [6, 6.07) is 20.5. The highest BCUT2D eigenvalue weighted by molar-refractivity contribution is 6.16. The van der Waals surface area contributed by atoms with Gasteiger partial charge < -0.3 is 19.2 Å². The van der Waals surface area contributed by atoms with Crippen LogP contribution in [0.2, 0.25) is 0 Å². The highest BCUT2D eigenvalue weighted by atomic mass is 16.5. The van der Waals surface area contributed by atoms with Crippen LogP contribution in [0.1, 0.15) is 27.9 Å². The van der Waals surface area contributed by atoms with Crippen molar-refractivity contribution >= 4 is 22.7 Å². The molecule has 7 nitrogen and oxygen atoms in total. The van der Waals surface area contributed by atoms with Gasteiger partial charge in [-0.05, 0) is 42.0 Å². The Kier molecular flexibility index (Phi) is 5.14. The molecular formula is C26H20N2O5. The molecule has 0 saturated heterocycles. The van der Waals surface area contributed by atoms with E-state index in [1.54, 1.807) is 61.8 Å². The zero-order valence-corrected chi connectivity index (χ0v) is 17.8. The van der Waals surface area contributed by atoms with E-state index >= 15 is 0 Å². The number of carbonyl (C=O) groups is 2. The minimum atomic E-state index is -0.838. The van der Waals surface area contributed by atoms with E-state index in [0.29, 0.717) is 22.6 Å². The van der Waals surface area contributed by atoms with Gasteiger partial charge in [-0.15, -0.1) is 0 Å².